The highest BCUT2D eigenvalue weighted by atomic mass is 16.7. The van der Waals surface area contributed by atoms with E-state index in [0.717, 1.165) is 46.3 Å². The molecule has 0 radical (unpaired) electrons. The Hall–Kier alpha value is -4.18. The van der Waals surface area contributed by atoms with Gasteiger partial charge in [0.05, 0.1) is 42.6 Å². The minimum absolute atomic E-state index is 0.0102. The molecule has 3 heterocycles. The second kappa shape index (κ2) is 12.7. The number of ether oxygens (including phenoxy) is 2. The van der Waals surface area contributed by atoms with Crippen molar-refractivity contribution in [3.8, 4) is 11.1 Å². The number of nitrogens with zero attached hydrogens (tertiary/aromatic N) is 2. The highest BCUT2D eigenvalue weighted by molar-refractivity contribution is 6.21. The normalized spacial score (nSPS) is 23.5. The lowest BCUT2D eigenvalue weighted by Gasteiger charge is -2.38. The molecule has 0 aromatic heterocycles. The zero-order valence-corrected chi connectivity index (χ0v) is 24.9. The summed E-state index contributed by atoms with van der Waals surface area (Å²) in [6, 6.07) is 30.8. The monoisotopic (exact) mass is 604 g/mol. The van der Waals surface area contributed by atoms with E-state index in [4.69, 9.17) is 9.47 Å². The molecule has 0 bridgehead atoms. The van der Waals surface area contributed by atoms with E-state index < -0.39 is 6.29 Å². The summed E-state index contributed by atoms with van der Waals surface area (Å²) >= 11 is 0. The van der Waals surface area contributed by atoms with Crippen molar-refractivity contribution in [2.24, 2.45) is 0 Å². The van der Waals surface area contributed by atoms with Crippen LogP contribution in [0.4, 0.5) is 0 Å². The zero-order valence-electron chi connectivity index (χ0n) is 24.9. The summed E-state index contributed by atoms with van der Waals surface area (Å²) in [6.45, 7) is 2.38. The van der Waals surface area contributed by atoms with Gasteiger partial charge in [0.2, 0.25) is 0 Å². The Bertz CT molecular complexity index is 1670. The number of aliphatic hydroxyl groups is 2. The molecular formula is C37H36N2O6. The predicted molar refractivity (Wildman–Crippen MR) is 168 cm³/mol. The van der Waals surface area contributed by atoms with Crippen LogP contribution in [0.5, 0.6) is 0 Å². The van der Waals surface area contributed by atoms with Crippen molar-refractivity contribution < 1.29 is 29.3 Å². The van der Waals surface area contributed by atoms with Crippen molar-refractivity contribution in [3.05, 3.63) is 130 Å². The van der Waals surface area contributed by atoms with Crippen molar-refractivity contribution in [2.45, 2.75) is 50.6 Å². The van der Waals surface area contributed by atoms with Gasteiger partial charge in [-0.1, -0.05) is 72.8 Å². The fourth-order valence-electron chi connectivity index (χ4n) is 6.58. The number of likely N-dealkylation sites (tertiary alicyclic amines) is 1. The summed E-state index contributed by atoms with van der Waals surface area (Å²) in [5.74, 6) is -0.540. The number of fused-ring (bicyclic) bond motifs is 1. The first kappa shape index (κ1) is 29.5. The van der Waals surface area contributed by atoms with Crippen molar-refractivity contribution in [2.75, 3.05) is 19.6 Å². The smallest absolute Gasteiger partial charge is 0.261 e. The molecule has 4 aromatic rings. The summed E-state index contributed by atoms with van der Waals surface area (Å²) in [7, 11) is 0. The average molecular weight is 605 g/mol. The van der Waals surface area contributed by atoms with Gasteiger partial charge in [-0.05, 0) is 58.5 Å². The number of rotatable bonds is 8. The topological polar surface area (TPSA) is 99.5 Å². The Morgan fingerprint density at radius 2 is 1.47 bits per heavy atom. The average Bonchev–Trinajstić information content (AvgIpc) is 3.60. The standard InChI is InChI=1S/C37H36N2O6/c40-23-24-11-13-26(14-12-24)34-19-31(22-38-16-15-30(41)21-38)44-37(45-34)29-8-4-7-28(18-29)27-6-3-5-25(17-27)20-39-35(42)32-9-1-2-10-33(32)36(39)43/h1-14,17-18,30-31,34,37,40-41H,15-16,19-23H2. The number of hydrogen-bond acceptors (Lipinski definition) is 7. The van der Waals surface area contributed by atoms with E-state index in [-0.39, 0.29) is 43.3 Å². The molecule has 7 rings (SSSR count). The number of amides is 2. The van der Waals surface area contributed by atoms with E-state index in [2.05, 4.69) is 11.0 Å². The molecule has 45 heavy (non-hydrogen) atoms. The third kappa shape index (κ3) is 6.20. The number of imide groups is 1. The van der Waals surface area contributed by atoms with Crippen molar-refractivity contribution >= 4 is 11.8 Å². The van der Waals surface area contributed by atoms with Gasteiger partial charge in [-0.2, -0.15) is 0 Å². The van der Waals surface area contributed by atoms with Crippen molar-refractivity contribution in [3.63, 3.8) is 0 Å². The fourth-order valence-corrected chi connectivity index (χ4v) is 6.58. The quantitative estimate of drug-likeness (QED) is 0.265. The van der Waals surface area contributed by atoms with Gasteiger partial charge in [-0.15, -0.1) is 0 Å². The number of benzene rings is 4. The van der Waals surface area contributed by atoms with Crippen LogP contribution in [0.15, 0.2) is 97.1 Å². The first-order valence-corrected chi connectivity index (χ1v) is 15.5. The summed E-state index contributed by atoms with van der Waals surface area (Å²) in [5.41, 5.74) is 6.45. The molecule has 2 N–H and O–H groups in total. The molecule has 230 valence electrons. The molecule has 4 atom stereocenters. The molecule has 8 nitrogen and oxygen atoms in total. The minimum atomic E-state index is -0.597. The highest BCUT2D eigenvalue weighted by Gasteiger charge is 2.36. The minimum Gasteiger partial charge on any atom is -0.392 e. The fraction of sp³-hybridized carbons (Fsp3) is 0.297. The van der Waals surface area contributed by atoms with Gasteiger partial charge in [0.25, 0.3) is 11.8 Å². The van der Waals surface area contributed by atoms with Gasteiger partial charge in [-0.3, -0.25) is 19.4 Å². The maximum Gasteiger partial charge on any atom is 0.261 e. The Morgan fingerprint density at radius 3 is 2.16 bits per heavy atom. The van der Waals surface area contributed by atoms with Gasteiger partial charge >= 0.3 is 0 Å². The first-order valence-electron chi connectivity index (χ1n) is 15.5. The van der Waals surface area contributed by atoms with Crippen LogP contribution < -0.4 is 0 Å². The number of β-amino-alcohol motifs (C(OH)–C–C–N with tert-alkyl or cyclic N) is 1. The SMILES string of the molecule is O=C1c2ccccc2C(=O)N1Cc1cccc(-c2cccc(C3OC(CN4CCC(O)C4)CC(c4ccc(CO)cc4)O3)c2)c1. The molecule has 8 heteroatoms. The van der Waals surface area contributed by atoms with Crippen LogP contribution in [0.2, 0.25) is 0 Å². The van der Waals surface area contributed by atoms with E-state index in [9.17, 15) is 19.8 Å². The zero-order chi connectivity index (χ0) is 30.9. The molecule has 4 unspecified atom stereocenters. The van der Waals surface area contributed by atoms with Crippen molar-refractivity contribution in [1.82, 2.24) is 9.80 Å². The number of hydrogen-bond donors (Lipinski definition) is 2. The maximum absolute atomic E-state index is 12.9. The number of carbonyl (C=O) groups is 2. The molecule has 2 fully saturated rings. The largest absolute Gasteiger partial charge is 0.392 e. The number of aliphatic hydroxyl groups excluding tert-OH is 2. The van der Waals surface area contributed by atoms with Gasteiger partial charge in [0.1, 0.15) is 0 Å². The molecule has 2 saturated heterocycles. The van der Waals surface area contributed by atoms with Crippen molar-refractivity contribution in [1.29, 1.82) is 0 Å². The predicted octanol–water partition coefficient (Wildman–Crippen LogP) is 5.25. The third-order valence-corrected chi connectivity index (χ3v) is 8.96. The van der Waals surface area contributed by atoms with Crippen LogP contribution in [-0.4, -0.2) is 63.7 Å². The van der Waals surface area contributed by atoms with E-state index in [1.165, 1.54) is 4.90 Å². The summed E-state index contributed by atoms with van der Waals surface area (Å²) in [6.07, 6.45) is 0.268. The molecule has 3 aliphatic heterocycles. The van der Waals surface area contributed by atoms with Crippen LogP contribution in [0, 0.1) is 0 Å². The first-order chi connectivity index (χ1) is 21.9. The molecule has 4 aromatic carbocycles. The van der Waals surface area contributed by atoms with Crippen LogP contribution in [0.3, 0.4) is 0 Å². The molecule has 0 saturated carbocycles. The van der Waals surface area contributed by atoms with E-state index in [1.54, 1.807) is 24.3 Å². The highest BCUT2D eigenvalue weighted by Crippen LogP contribution is 2.39. The second-order valence-electron chi connectivity index (χ2n) is 12.1. The molecule has 3 aliphatic rings. The third-order valence-electron chi connectivity index (χ3n) is 8.96. The Kier molecular flexibility index (Phi) is 8.31. The molecular weight excluding hydrogens is 568 g/mol. The second-order valence-corrected chi connectivity index (χ2v) is 12.1. The van der Waals surface area contributed by atoms with E-state index in [1.807, 2.05) is 66.7 Å². The Labute approximate surface area is 262 Å². The Balaban J connectivity index is 1.12. The summed E-state index contributed by atoms with van der Waals surface area (Å²) in [4.78, 5) is 29.5. The van der Waals surface area contributed by atoms with Gasteiger partial charge < -0.3 is 19.7 Å². The molecule has 0 spiro atoms. The van der Waals surface area contributed by atoms with Crippen LogP contribution in [0.1, 0.15) is 68.2 Å². The van der Waals surface area contributed by atoms with E-state index in [0.29, 0.717) is 30.6 Å². The lowest BCUT2D eigenvalue weighted by atomic mass is 9.98. The van der Waals surface area contributed by atoms with Crippen LogP contribution in [0.25, 0.3) is 11.1 Å². The van der Waals surface area contributed by atoms with Crippen LogP contribution in [-0.2, 0) is 22.6 Å². The number of carbonyl (C=O) groups excluding carboxylic acids is 2. The molecule has 0 aliphatic carbocycles. The molecule has 2 amide bonds. The maximum atomic E-state index is 12.9. The van der Waals surface area contributed by atoms with Gasteiger partial charge in [0, 0.05) is 31.6 Å². The van der Waals surface area contributed by atoms with E-state index >= 15 is 0 Å². The van der Waals surface area contributed by atoms with Gasteiger partial charge in [0.15, 0.2) is 6.29 Å². The summed E-state index contributed by atoms with van der Waals surface area (Å²) < 4.78 is 13.1. The lowest BCUT2D eigenvalue weighted by molar-refractivity contribution is -0.252. The lowest BCUT2D eigenvalue weighted by Crippen LogP contribution is -2.38. The van der Waals surface area contributed by atoms with Gasteiger partial charge in [-0.25, -0.2) is 0 Å². The summed E-state index contributed by atoms with van der Waals surface area (Å²) in [5, 5.41) is 19.6. The van der Waals surface area contributed by atoms with Crippen LogP contribution >= 0.6 is 0 Å². The Morgan fingerprint density at radius 1 is 0.756 bits per heavy atom.